The maximum atomic E-state index is 7.08. The van der Waals surface area contributed by atoms with Gasteiger partial charge in [-0.15, -0.1) is 0 Å². The van der Waals surface area contributed by atoms with Gasteiger partial charge in [-0.2, -0.15) is 0 Å². The van der Waals surface area contributed by atoms with E-state index in [1.165, 1.54) is 12.4 Å². The summed E-state index contributed by atoms with van der Waals surface area (Å²) in [6.45, 7) is 0. The van der Waals surface area contributed by atoms with Gasteiger partial charge in [0.2, 0.25) is 0 Å². The molecule has 0 aliphatic rings. The Hall–Kier alpha value is -2.17. The van der Waals surface area contributed by atoms with Crippen molar-refractivity contribution in [1.29, 1.82) is 10.8 Å². The fraction of sp³-hybridized carbons (Fsp3) is 0. The average molecular weight is 189 g/mol. The number of nitrogens with zero attached hydrogens (tertiary/aromatic N) is 1. The molecule has 0 saturated heterocycles. The molecule has 1 heterocycles. The van der Waals surface area contributed by atoms with Gasteiger partial charge in [-0.05, 0) is 6.07 Å². The van der Waals surface area contributed by atoms with Gasteiger partial charge in [-0.25, -0.2) is 0 Å². The Bertz CT molecular complexity index is 394. The number of anilines is 1. The second-order valence-electron chi connectivity index (χ2n) is 2.61. The lowest BCUT2D eigenvalue weighted by molar-refractivity contribution is 1.28. The van der Waals surface area contributed by atoms with Crippen LogP contribution in [0.3, 0.4) is 0 Å². The summed E-state index contributed by atoms with van der Waals surface area (Å²) in [5, 5.41) is 14.1. The van der Waals surface area contributed by atoms with Gasteiger partial charge in [0, 0.05) is 36.0 Å². The molecule has 5 nitrogen and oxygen atoms in total. The third kappa shape index (κ3) is 1.77. The van der Waals surface area contributed by atoms with Crippen molar-refractivity contribution < 1.29 is 0 Å². The first-order valence-electron chi connectivity index (χ1n) is 3.91. The van der Waals surface area contributed by atoms with E-state index in [4.69, 9.17) is 22.3 Å². The monoisotopic (exact) mass is 189 g/mol. The summed E-state index contributed by atoms with van der Waals surface area (Å²) in [4.78, 5) is 3.95. The van der Waals surface area contributed by atoms with Crippen LogP contribution in [0.5, 0.6) is 0 Å². The molecule has 5 heteroatoms. The highest BCUT2D eigenvalue weighted by atomic mass is 14.7. The van der Waals surface area contributed by atoms with E-state index in [0.29, 0.717) is 22.5 Å². The Balaban J connectivity index is 3.20. The second kappa shape index (κ2) is 4.18. The molecule has 0 amide bonds. The van der Waals surface area contributed by atoms with Crippen molar-refractivity contribution in [3.05, 3.63) is 29.7 Å². The normalized spacial score (nSPS) is 11.0. The van der Waals surface area contributed by atoms with E-state index < -0.39 is 0 Å². The highest BCUT2D eigenvalue weighted by molar-refractivity contribution is 6.08. The molecular weight excluding hydrogens is 178 g/mol. The average Bonchev–Trinajstić information content (AvgIpc) is 2.20. The van der Waals surface area contributed by atoms with Gasteiger partial charge in [0.25, 0.3) is 0 Å². The van der Waals surface area contributed by atoms with Crippen LogP contribution in [0.15, 0.2) is 18.5 Å². The zero-order chi connectivity index (χ0) is 10.6. The number of hydrogen-bond acceptors (Lipinski definition) is 5. The van der Waals surface area contributed by atoms with Crippen LogP contribution in [0.1, 0.15) is 11.3 Å². The molecule has 1 rings (SSSR count). The van der Waals surface area contributed by atoms with Gasteiger partial charge in [-0.1, -0.05) is 0 Å². The SMILES string of the molecule is N=C/C(=C\N)c1cnc(C=N)c(N)c1. The summed E-state index contributed by atoms with van der Waals surface area (Å²) in [7, 11) is 0. The Morgan fingerprint density at radius 3 is 2.57 bits per heavy atom. The van der Waals surface area contributed by atoms with Gasteiger partial charge in [0.1, 0.15) is 5.69 Å². The summed E-state index contributed by atoms with van der Waals surface area (Å²) in [6, 6.07) is 1.64. The number of aromatic nitrogens is 1. The van der Waals surface area contributed by atoms with Crippen molar-refractivity contribution in [3.63, 3.8) is 0 Å². The molecule has 72 valence electrons. The molecule has 0 bridgehead atoms. The second-order valence-corrected chi connectivity index (χ2v) is 2.61. The molecule has 0 aliphatic carbocycles. The first kappa shape index (κ1) is 9.91. The Morgan fingerprint density at radius 1 is 1.43 bits per heavy atom. The molecule has 1 aromatic heterocycles. The van der Waals surface area contributed by atoms with Crippen molar-refractivity contribution in [2.24, 2.45) is 5.73 Å². The predicted molar refractivity (Wildman–Crippen MR) is 57.5 cm³/mol. The minimum atomic E-state index is 0.402. The van der Waals surface area contributed by atoms with Crippen LogP contribution >= 0.6 is 0 Å². The first-order chi connectivity index (χ1) is 6.72. The van der Waals surface area contributed by atoms with Crippen molar-refractivity contribution >= 4 is 23.7 Å². The molecule has 6 N–H and O–H groups in total. The largest absolute Gasteiger partial charge is 0.404 e. The molecule has 0 unspecified atom stereocenters. The Morgan fingerprint density at radius 2 is 2.14 bits per heavy atom. The Labute approximate surface area is 81.5 Å². The van der Waals surface area contributed by atoms with Crippen LogP contribution in [0.25, 0.3) is 5.57 Å². The van der Waals surface area contributed by atoms with Crippen molar-refractivity contribution in [2.75, 3.05) is 5.73 Å². The highest BCUT2D eigenvalue weighted by Crippen LogP contribution is 2.15. The van der Waals surface area contributed by atoms with Gasteiger partial charge >= 0.3 is 0 Å². The lowest BCUT2D eigenvalue weighted by atomic mass is 10.1. The van der Waals surface area contributed by atoms with Gasteiger partial charge < -0.3 is 22.3 Å². The van der Waals surface area contributed by atoms with E-state index >= 15 is 0 Å². The zero-order valence-electron chi connectivity index (χ0n) is 7.49. The summed E-state index contributed by atoms with van der Waals surface area (Å²) in [5.74, 6) is 0. The standard InChI is InChI=1S/C9H11N5/c10-2-7(3-11)6-1-8(13)9(4-12)14-5-6/h1-5,10,12H,11,13H2/b7-3+,10-2?,12-4?. The van der Waals surface area contributed by atoms with E-state index in [1.807, 2.05) is 0 Å². The minimum Gasteiger partial charge on any atom is -0.404 e. The summed E-state index contributed by atoms with van der Waals surface area (Å²) < 4.78 is 0. The molecule has 0 atom stereocenters. The number of hydrogen-bond donors (Lipinski definition) is 4. The third-order valence-electron chi connectivity index (χ3n) is 1.75. The molecular formula is C9H11N5. The number of rotatable bonds is 3. The third-order valence-corrected chi connectivity index (χ3v) is 1.75. The van der Waals surface area contributed by atoms with E-state index in [1.54, 1.807) is 6.07 Å². The molecule has 14 heavy (non-hydrogen) atoms. The van der Waals surface area contributed by atoms with Crippen LogP contribution in [-0.4, -0.2) is 17.4 Å². The van der Waals surface area contributed by atoms with E-state index in [9.17, 15) is 0 Å². The predicted octanol–water partition coefficient (Wildman–Crippen LogP) is 0.611. The number of pyridine rings is 1. The fourth-order valence-electron chi connectivity index (χ4n) is 0.999. The Kier molecular flexibility index (Phi) is 2.96. The number of nitrogen functional groups attached to an aromatic ring is 1. The lowest BCUT2D eigenvalue weighted by Gasteiger charge is -2.03. The van der Waals surface area contributed by atoms with E-state index in [2.05, 4.69) is 4.98 Å². The molecule has 0 aromatic carbocycles. The fourth-order valence-corrected chi connectivity index (χ4v) is 0.999. The maximum absolute atomic E-state index is 7.08. The van der Waals surface area contributed by atoms with Gasteiger partial charge in [0.15, 0.2) is 0 Å². The van der Waals surface area contributed by atoms with Crippen LogP contribution < -0.4 is 11.5 Å². The minimum absolute atomic E-state index is 0.402. The smallest absolute Gasteiger partial charge is 0.103 e. The number of nitrogens with two attached hydrogens (primary N) is 2. The topological polar surface area (TPSA) is 113 Å². The molecule has 0 fully saturated rings. The summed E-state index contributed by atoms with van der Waals surface area (Å²) in [5.41, 5.74) is 13.0. The first-order valence-corrected chi connectivity index (χ1v) is 3.91. The van der Waals surface area contributed by atoms with Crippen molar-refractivity contribution in [2.45, 2.75) is 0 Å². The molecule has 0 radical (unpaired) electrons. The summed E-state index contributed by atoms with van der Waals surface area (Å²) in [6.07, 6.45) is 5.05. The molecule has 0 aliphatic heterocycles. The zero-order valence-corrected chi connectivity index (χ0v) is 7.49. The maximum Gasteiger partial charge on any atom is 0.103 e. The van der Waals surface area contributed by atoms with Crippen molar-refractivity contribution in [3.8, 4) is 0 Å². The summed E-state index contributed by atoms with van der Waals surface area (Å²) >= 11 is 0. The van der Waals surface area contributed by atoms with Crippen LogP contribution in [-0.2, 0) is 0 Å². The molecule has 1 aromatic rings. The molecule has 0 saturated carbocycles. The quantitative estimate of drug-likeness (QED) is 0.522. The van der Waals surface area contributed by atoms with Crippen LogP contribution in [0.2, 0.25) is 0 Å². The van der Waals surface area contributed by atoms with Crippen LogP contribution in [0.4, 0.5) is 5.69 Å². The number of nitrogens with one attached hydrogen (secondary N) is 2. The van der Waals surface area contributed by atoms with E-state index in [0.717, 1.165) is 12.4 Å². The highest BCUT2D eigenvalue weighted by Gasteiger charge is 2.02. The molecule has 0 spiro atoms. The van der Waals surface area contributed by atoms with Gasteiger partial charge in [-0.3, -0.25) is 4.98 Å². The number of allylic oxidation sites excluding steroid dienone is 1. The van der Waals surface area contributed by atoms with Gasteiger partial charge in [0.05, 0.1) is 5.69 Å². The van der Waals surface area contributed by atoms with Crippen LogP contribution in [0, 0.1) is 10.8 Å². The van der Waals surface area contributed by atoms with Crippen molar-refractivity contribution in [1.82, 2.24) is 4.98 Å². The lowest BCUT2D eigenvalue weighted by Crippen LogP contribution is -1.99. The van der Waals surface area contributed by atoms with E-state index in [-0.39, 0.29) is 0 Å².